The Morgan fingerprint density at radius 3 is 2.39 bits per heavy atom. The second-order valence-corrected chi connectivity index (χ2v) is 9.21. The number of esters is 1. The highest BCUT2D eigenvalue weighted by Crippen LogP contribution is 2.46. The standard InChI is InChI=1S/C24H40N2O5/c1-7-10-16-11-12-17-20(19(16)24(30)31-9-3)23(29)26(18(13-27)15(6)8-2)21(17)22(28)25-14(4)5/h11-12,14-21,27H,7-10,13H2,1-6H3,(H,25,28)/t15-,16+,17-,18-,19+,20+,21-/m0/s1. The van der Waals surface area contributed by atoms with Gasteiger partial charge in [-0.1, -0.05) is 45.8 Å². The Bertz CT molecular complexity index is 677. The van der Waals surface area contributed by atoms with E-state index in [0.717, 1.165) is 19.3 Å². The van der Waals surface area contributed by atoms with Crippen molar-refractivity contribution in [3.63, 3.8) is 0 Å². The summed E-state index contributed by atoms with van der Waals surface area (Å²) in [7, 11) is 0. The van der Waals surface area contributed by atoms with Crippen LogP contribution < -0.4 is 5.32 Å². The molecule has 1 heterocycles. The number of ether oxygens (including phenoxy) is 1. The summed E-state index contributed by atoms with van der Waals surface area (Å²) < 4.78 is 5.37. The topological polar surface area (TPSA) is 95.9 Å². The summed E-state index contributed by atoms with van der Waals surface area (Å²) in [6.07, 6.45) is 6.36. The average Bonchev–Trinajstić information content (AvgIpc) is 3.01. The van der Waals surface area contributed by atoms with E-state index in [1.807, 2.05) is 39.8 Å². The van der Waals surface area contributed by atoms with Gasteiger partial charge >= 0.3 is 5.97 Å². The van der Waals surface area contributed by atoms with Crippen molar-refractivity contribution in [2.75, 3.05) is 13.2 Å². The molecule has 0 radical (unpaired) electrons. The summed E-state index contributed by atoms with van der Waals surface area (Å²) in [4.78, 5) is 41.7. The Kier molecular flexibility index (Phi) is 9.10. The van der Waals surface area contributed by atoms with Crippen molar-refractivity contribution in [1.82, 2.24) is 10.2 Å². The molecule has 0 aromatic carbocycles. The number of rotatable bonds is 10. The number of carbonyl (C=O) groups is 3. The van der Waals surface area contributed by atoms with Crippen LogP contribution in [0.4, 0.5) is 0 Å². The third-order valence-electron chi connectivity index (χ3n) is 6.77. The number of carbonyl (C=O) groups excluding carboxylic acids is 3. The molecule has 2 N–H and O–H groups in total. The molecule has 0 aromatic heterocycles. The highest BCUT2D eigenvalue weighted by molar-refractivity contribution is 5.96. The number of nitrogens with zero attached hydrogens (tertiary/aromatic N) is 1. The van der Waals surface area contributed by atoms with Crippen molar-refractivity contribution in [3.05, 3.63) is 12.2 Å². The van der Waals surface area contributed by atoms with E-state index in [2.05, 4.69) is 12.2 Å². The van der Waals surface area contributed by atoms with E-state index in [1.54, 1.807) is 11.8 Å². The van der Waals surface area contributed by atoms with Gasteiger partial charge in [0, 0.05) is 12.0 Å². The first-order valence-corrected chi connectivity index (χ1v) is 11.8. The van der Waals surface area contributed by atoms with Crippen LogP contribution in [-0.2, 0) is 19.1 Å². The predicted molar refractivity (Wildman–Crippen MR) is 119 cm³/mol. The second kappa shape index (κ2) is 11.1. The van der Waals surface area contributed by atoms with E-state index in [4.69, 9.17) is 4.74 Å². The lowest BCUT2D eigenvalue weighted by Gasteiger charge is -2.36. The molecule has 176 valence electrons. The number of aliphatic hydroxyl groups excluding tert-OH is 1. The maximum atomic E-state index is 13.8. The Morgan fingerprint density at radius 1 is 1.19 bits per heavy atom. The minimum absolute atomic E-state index is 0.0138. The van der Waals surface area contributed by atoms with E-state index in [-0.39, 0.29) is 48.9 Å². The van der Waals surface area contributed by atoms with E-state index in [9.17, 15) is 19.5 Å². The van der Waals surface area contributed by atoms with Gasteiger partial charge in [0.05, 0.1) is 31.1 Å². The normalized spacial score (nSPS) is 29.6. The van der Waals surface area contributed by atoms with E-state index < -0.39 is 29.8 Å². The van der Waals surface area contributed by atoms with Crippen LogP contribution in [-0.4, -0.2) is 59.1 Å². The molecule has 2 amide bonds. The second-order valence-electron chi connectivity index (χ2n) is 9.21. The Morgan fingerprint density at radius 2 is 1.87 bits per heavy atom. The number of hydrogen-bond acceptors (Lipinski definition) is 5. The van der Waals surface area contributed by atoms with E-state index in [1.165, 1.54) is 0 Å². The minimum Gasteiger partial charge on any atom is -0.466 e. The quantitative estimate of drug-likeness (QED) is 0.405. The van der Waals surface area contributed by atoms with Gasteiger partial charge in [-0.25, -0.2) is 0 Å². The number of aliphatic hydroxyl groups is 1. The molecular weight excluding hydrogens is 396 g/mol. The average molecular weight is 437 g/mol. The van der Waals surface area contributed by atoms with Crippen LogP contribution in [0.25, 0.3) is 0 Å². The molecule has 31 heavy (non-hydrogen) atoms. The van der Waals surface area contributed by atoms with Crippen molar-refractivity contribution in [2.24, 2.45) is 29.6 Å². The zero-order chi connectivity index (χ0) is 23.3. The molecule has 1 aliphatic heterocycles. The van der Waals surface area contributed by atoms with Crippen LogP contribution in [0.15, 0.2) is 12.2 Å². The van der Waals surface area contributed by atoms with Gasteiger partial charge in [0.15, 0.2) is 0 Å². The molecule has 0 saturated carbocycles. The smallest absolute Gasteiger partial charge is 0.310 e. The SMILES string of the molecule is CCC[C@@H]1C=C[C@H]2[C@@H](C(=O)N([C@@H](CO)[C@@H](C)CC)[C@@H]2C(=O)NC(C)C)[C@@H]1C(=O)OCC. The Labute approximate surface area is 186 Å². The van der Waals surface area contributed by atoms with Gasteiger partial charge in [0.2, 0.25) is 11.8 Å². The van der Waals surface area contributed by atoms with Gasteiger partial charge in [0.25, 0.3) is 0 Å². The molecule has 2 rings (SSSR count). The Hall–Kier alpha value is -1.89. The van der Waals surface area contributed by atoms with Crippen LogP contribution in [0.2, 0.25) is 0 Å². The van der Waals surface area contributed by atoms with Crippen molar-refractivity contribution >= 4 is 17.8 Å². The predicted octanol–water partition coefficient (Wildman–Crippen LogP) is 2.53. The van der Waals surface area contributed by atoms with Crippen LogP contribution >= 0.6 is 0 Å². The highest BCUT2D eigenvalue weighted by atomic mass is 16.5. The van der Waals surface area contributed by atoms with Crippen LogP contribution in [0.1, 0.15) is 60.8 Å². The molecule has 0 bridgehead atoms. The number of amides is 2. The third-order valence-corrected chi connectivity index (χ3v) is 6.77. The molecule has 1 fully saturated rings. The first-order chi connectivity index (χ1) is 14.7. The van der Waals surface area contributed by atoms with E-state index >= 15 is 0 Å². The number of fused-ring (bicyclic) bond motifs is 1. The van der Waals surface area contributed by atoms with Gasteiger partial charge < -0.3 is 20.1 Å². The molecule has 7 nitrogen and oxygen atoms in total. The molecule has 0 aromatic rings. The zero-order valence-corrected chi connectivity index (χ0v) is 19.8. The molecular formula is C24H40N2O5. The fraction of sp³-hybridized carbons (Fsp3) is 0.792. The summed E-state index contributed by atoms with van der Waals surface area (Å²) in [5.41, 5.74) is 0. The molecule has 2 aliphatic rings. The summed E-state index contributed by atoms with van der Waals surface area (Å²) in [5, 5.41) is 13.1. The van der Waals surface area contributed by atoms with Gasteiger partial charge in [-0.15, -0.1) is 0 Å². The molecule has 1 aliphatic carbocycles. The number of allylic oxidation sites excluding steroid dienone is 1. The molecule has 0 unspecified atom stereocenters. The summed E-state index contributed by atoms with van der Waals surface area (Å²) >= 11 is 0. The summed E-state index contributed by atoms with van der Waals surface area (Å²) in [5.74, 6) is -2.61. The van der Waals surface area contributed by atoms with Crippen LogP contribution in [0.3, 0.4) is 0 Å². The van der Waals surface area contributed by atoms with Gasteiger partial charge in [-0.3, -0.25) is 14.4 Å². The number of nitrogens with one attached hydrogen (secondary N) is 1. The molecule has 7 atom stereocenters. The van der Waals surface area contributed by atoms with E-state index in [0.29, 0.717) is 0 Å². The fourth-order valence-electron chi connectivity index (χ4n) is 5.15. The summed E-state index contributed by atoms with van der Waals surface area (Å²) in [6, 6.07) is -1.31. The maximum Gasteiger partial charge on any atom is 0.310 e. The van der Waals surface area contributed by atoms with Crippen molar-refractivity contribution in [2.45, 2.75) is 78.9 Å². The third kappa shape index (κ3) is 5.13. The van der Waals surface area contributed by atoms with Crippen LogP contribution in [0, 0.1) is 29.6 Å². The van der Waals surface area contributed by atoms with Gasteiger partial charge in [-0.2, -0.15) is 0 Å². The Balaban J connectivity index is 2.56. The van der Waals surface area contributed by atoms with Crippen molar-refractivity contribution in [3.8, 4) is 0 Å². The lowest BCUT2D eigenvalue weighted by Crippen LogP contribution is -2.55. The minimum atomic E-state index is -0.748. The fourth-order valence-corrected chi connectivity index (χ4v) is 5.15. The highest BCUT2D eigenvalue weighted by Gasteiger charge is 2.59. The number of hydrogen-bond donors (Lipinski definition) is 2. The number of likely N-dealkylation sites (tertiary alicyclic amines) is 1. The molecule has 7 heteroatoms. The lowest BCUT2D eigenvalue weighted by molar-refractivity contribution is -0.156. The first-order valence-electron chi connectivity index (χ1n) is 11.8. The monoisotopic (exact) mass is 436 g/mol. The zero-order valence-electron chi connectivity index (χ0n) is 19.8. The van der Waals surface area contributed by atoms with Gasteiger partial charge in [-0.05, 0) is 39.0 Å². The first kappa shape index (κ1) is 25.4. The van der Waals surface area contributed by atoms with Crippen molar-refractivity contribution in [1.29, 1.82) is 0 Å². The molecule has 1 saturated heterocycles. The molecule has 0 spiro atoms. The largest absolute Gasteiger partial charge is 0.466 e. The lowest BCUT2D eigenvalue weighted by atomic mass is 9.69. The van der Waals surface area contributed by atoms with Gasteiger partial charge in [0.1, 0.15) is 6.04 Å². The van der Waals surface area contributed by atoms with Crippen molar-refractivity contribution < 1.29 is 24.2 Å². The maximum absolute atomic E-state index is 13.8. The van der Waals surface area contributed by atoms with Crippen LogP contribution in [0.5, 0.6) is 0 Å². The summed E-state index contributed by atoms with van der Waals surface area (Å²) in [6.45, 7) is 11.6.